The summed E-state index contributed by atoms with van der Waals surface area (Å²) in [6, 6.07) is 28.3. The van der Waals surface area contributed by atoms with Gasteiger partial charge in [-0.05, 0) is 54.4 Å². The van der Waals surface area contributed by atoms with Crippen molar-refractivity contribution in [3.63, 3.8) is 0 Å². The second kappa shape index (κ2) is 9.81. The van der Waals surface area contributed by atoms with Crippen molar-refractivity contribution >= 4 is 17.1 Å². The summed E-state index contributed by atoms with van der Waals surface area (Å²) in [5, 5.41) is 0. The van der Waals surface area contributed by atoms with Gasteiger partial charge in [-0.1, -0.05) is 60.7 Å². The van der Waals surface area contributed by atoms with Crippen molar-refractivity contribution in [2.75, 3.05) is 6.61 Å². The zero-order chi connectivity index (χ0) is 24.2. The third kappa shape index (κ3) is 4.77. The third-order valence-electron chi connectivity index (χ3n) is 5.53. The minimum absolute atomic E-state index is 0.229. The molecule has 0 saturated carbocycles. The van der Waals surface area contributed by atoms with Crippen LogP contribution < -0.4 is 4.74 Å². The molecule has 0 aliphatic rings. The van der Waals surface area contributed by atoms with Gasteiger partial charge < -0.3 is 13.9 Å². The molecule has 4 aromatic carbocycles. The summed E-state index contributed by atoms with van der Waals surface area (Å²) in [5.41, 5.74) is 4.20. The molecule has 1 unspecified atom stereocenters. The Hall–Kier alpha value is -4.45. The molecular formula is C29H22FNO4. The maximum Gasteiger partial charge on any atom is 0.352 e. The normalized spacial score (nSPS) is 11.8. The maximum absolute atomic E-state index is 13.5. The summed E-state index contributed by atoms with van der Waals surface area (Å²) in [7, 11) is 0. The molecule has 0 N–H and O–H groups in total. The molecule has 0 saturated heterocycles. The van der Waals surface area contributed by atoms with Gasteiger partial charge in [0.1, 0.15) is 17.1 Å². The van der Waals surface area contributed by atoms with Crippen LogP contribution in [0.15, 0.2) is 101 Å². The maximum atomic E-state index is 13.5. The van der Waals surface area contributed by atoms with Gasteiger partial charge in [0.15, 0.2) is 5.58 Å². The van der Waals surface area contributed by atoms with Crippen molar-refractivity contribution < 1.29 is 23.1 Å². The zero-order valence-electron chi connectivity index (χ0n) is 19.0. The van der Waals surface area contributed by atoms with Crippen LogP contribution in [-0.2, 0) is 9.53 Å². The molecule has 0 spiro atoms. The van der Waals surface area contributed by atoms with Crippen molar-refractivity contribution in [3.8, 4) is 28.3 Å². The van der Waals surface area contributed by atoms with Gasteiger partial charge in [-0.2, -0.15) is 0 Å². The van der Waals surface area contributed by atoms with Gasteiger partial charge in [-0.3, -0.25) is 0 Å². The quantitative estimate of drug-likeness (QED) is 0.242. The second-order valence-corrected chi connectivity index (χ2v) is 7.87. The van der Waals surface area contributed by atoms with E-state index in [2.05, 4.69) is 4.98 Å². The Morgan fingerprint density at radius 2 is 1.63 bits per heavy atom. The number of rotatable bonds is 7. The fourth-order valence-electron chi connectivity index (χ4n) is 3.83. The largest absolute Gasteiger partial charge is 0.473 e. The molecule has 5 rings (SSSR count). The van der Waals surface area contributed by atoms with E-state index in [0.717, 1.165) is 11.1 Å². The van der Waals surface area contributed by atoms with Crippen molar-refractivity contribution in [1.29, 1.82) is 0 Å². The standard InChI is InChI=1S/C29H22FNO4/c1-2-33-29(32)27(20-8-4-3-5-9-20)34-25-17-14-21(19-12-15-22(30)16-13-19)18-23(25)28-31-24-10-6-7-11-26(24)35-28/h3-18,27H,2H2,1H3. The number of hydrogen-bond donors (Lipinski definition) is 0. The molecule has 0 fully saturated rings. The van der Waals surface area contributed by atoms with E-state index < -0.39 is 12.1 Å². The number of halogens is 1. The second-order valence-electron chi connectivity index (χ2n) is 7.87. The molecule has 0 aliphatic heterocycles. The summed E-state index contributed by atoms with van der Waals surface area (Å²) < 4.78 is 31.1. The molecule has 1 heterocycles. The van der Waals surface area contributed by atoms with E-state index in [9.17, 15) is 9.18 Å². The fourth-order valence-corrected chi connectivity index (χ4v) is 3.83. The van der Waals surface area contributed by atoms with Crippen molar-refractivity contribution in [2.24, 2.45) is 0 Å². The molecule has 6 heteroatoms. The molecule has 0 bridgehead atoms. The van der Waals surface area contributed by atoms with Crippen LogP contribution in [-0.4, -0.2) is 17.6 Å². The Bertz CT molecular complexity index is 1430. The van der Waals surface area contributed by atoms with Crippen LogP contribution in [0.2, 0.25) is 0 Å². The molecular weight excluding hydrogens is 445 g/mol. The highest BCUT2D eigenvalue weighted by atomic mass is 19.1. The van der Waals surface area contributed by atoms with Gasteiger partial charge in [-0.25, -0.2) is 14.2 Å². The van der Waals surface area contributed by atoms with E-state index in [1.165, 1.54) is 12.1 Å². The van der Waals surface area contributed by atoms with Crippen molar-refractivity contribution in [1.82, 2.24) is 4.98 Å². The summed E-state index contributed by atoms with van der Waals surface area (Å²) >= 11 is 0. The molecule has 1 atom stereocenters. The first-order valence-electron chi connectivity index (χ1n) is 11.3. The molecule has 5 nitrogen and oxygen atoms in total. The molecule has 174 valence electrons. The van der Waals surface area contributed by atoms with Crippen LogP contribution in [0, 0.1) is 5.82 Å². The average Bonchev–Trinajstić information content (AvgIpc) is 3.33. The Kier molecular flexibility index (Phi) is 6.26. The summed E-state index contributed by atoms with van der Waals surface area (Å²) in [6.45, 7) is 1.98. The number of hydrogen-bond acceptors (Lipinski definition) is 5. The highest BCUT2D eigenvalue weighted by molar-refractivity contribution is 5.81. The SMILES string of the molecule is CCOC(=O)C(Oc1ccc(-c2ccc(F)cc2)cc1-c1nc2ccccc2o1)c1ccccc1. The summed E-state index contributed by atoms with van der Waals surface area (Å²) in [5.74, 6) is -0.0528. The number of carbonyl (C=O) groups excluding carboxylic acids is 1. The van der Waals surface area contributed by atoms with Gasteiger partial charge in [0, 0.05) is 5.56 Å². The van der Waals surface area contributed by atoms with E-state index in [1.807, 2.05) is 66.7 Å². The lowest BCUT2D eigenvalue weighted by atomic mass is 10.0. The van der Waals surface area contributed by atoms with Crippen LogP contribution in [0.3, 0.4) is 0 Å². The molecule has 35 heavy (non-hydrogen) atoms. The van der Waals surface area contributed by atoms with Crippen LogP contribution in [0.25, 0.3) is 33.7 Å². The Morgan fingerprint density at radius 3 is 2.37 bits per heavy atom. The number of para-hydroxylation sites is 2. The molecule has 0 aliphatic carbocycles. The lowest BCUT2D eigenvalue weighted by Gasteiger charge is -2.20. The van der Waals surface area contributed by atoms with Gasteiger partial charge in [0.05, 0.1) is 12.2 Å². The number of ether oxygens (including phenoxy) is 2. The van der Waals surface area contributed by atoms with Crippen molar-refractivity contribution in [3.05, 3.63) is 108 Å². The van der Waals surface area contributed by atoms with Crippen LogP contribution in [0.5, 0.6) is 5.75 Å². The highest BCUT2D eigenvalue weighted by Crippen LogP contribution is 2.38. The first-order valence-corrected chi connectivity index (χ1v) is 11.3. The lowest BCUT2D eigenvalue weighted by Crippen LogP contribution is -2.21. The smallest absolute Gasteiger partial charge is 0.352 e. The van der Waals surface area contributed by atoms with Gasteiger partial charge >= 0.3 is 5.97 Å². The first-order chi connectivity index (χ1) is 17.1. The Morgan fingerprint density at radius 1 is 0.914 bits per heavy atom. The van der Waals surface area contributed by atoms with E-state index in [1.54, 1.807) is 25.1 Å². The van der Waals surface area contributed by atoms with E-state index >= 15 is 0 Å². The molecule has 5 aromatic rings. The first kappa shape index (κ1) is 22.3. The number of benzene rings is 4. The van der Waals surface area contributed by atoms with Crippen LogP contribution in [0.4, 0.5) is 4.39 Å². The lowest BCUT2D eigenvalue weighted by molar-refractivity contribution is -0.151. The fraction of sp³-hybridized carbons (Fsp3) is 0.103. The average molecular weight is 467 g/mol. The summed E-state index contributed by atoms with van der Waals surface area (Å²) in [4.78, 5) is 17.5. The predicted octanol–water partition coefficient (Wildman–Crippen LogP) is 6.98. The summed E-state index contributed by atoms with van der Waals surface area (Å²) in [6.07, 6.45) is -0.976. The van der Waals surface area contributed by atoms with Gasteiger partial charge in [0.25, 0.3) is 0 Å². The predicted molar refractivity (Wildman–Crippen MR) is 131 cm³/mol. The monoisotopic (exact) mass is 467 g/mol. The number of aromatic nitrogens is 1. The van der Waals surface area contributed by atoms with Crippen LogP contribution >= 0.6 is 0 Å². The van der Waals surface area contributed by atoms with E-state index in [4.69, 9.17) is 13.9 Å². The Balaban J connectivity index is 1.62. The highest BCUT2D eigenvalue weighted by Gasteiger charge is 2.26. The van der Waals surface area contributed by atoms with E-state index in [0.29, 0.717) is 33.9 Å². The van der Waals surface area contributed by atoms with Crippen molar-refractivity contribution in [2.45, 2.75) is 13.0 Å². The number of nitrogens with zero attached hydrogens (tertiary/aromatic N) is 1. The third-order valence-corrected chi connectivity index (χ3v) is 5.53. The minimum atomic E-state index is -0.976. The molecule has 0 amide bonds. The number of esters is 1. The minimum Gasteiger partial charge on any atom is -0.473 e. The van der Waals surface area contributed by atoms with E-state index in [-0.39, 0.29) is 12.4 Å². The number of carbonyl (C=O) groups is 1. The zero-order valence-corrected chi connectivity index (χ0v) is 19.0. The molecule has 0 radical (unpaired) electrons. The Labute approximate surface area is 201 Å². The number of fused-ring (bicyclic) bond motifs is 1. The number of oxazole rings is 1. The topological polar surface area (TPSA) is 61.6 Å². The van der Waals surface area contributed by atoms with Gasteiger partial charge in [-0.15, -0.1) is 0 Å². The molecule has 1 aromatic heterocycles. The van der Waals surface area contributed by atoms with Gasteiger partial charge in [0.2, 0.25) is 12.0 Å². The van der Waals surface area contributed by atoms with Crippen LogP contribution in [0.1, 0.15) is 18.6 Å².